The van der Waals surface area contributed by atoms with Crippen LogP contribution in [-0.4, -0.2) is 87.6 Å². The summed E-state index contributed by atoms with van der Waals surface area (Å²) in [4.78, 5) is 23.4. The first-order valence-corrected chi connectivity index (χ1v) is 23.0. The summed E-state index contributed by atoms with van der Waals surface area (Å²) in [5.74, 6) is 0. The van der Waals surface area contributed by atoms with E-state index in [1.165, 1.54) is 180 Å². The molecule has 0 fully saturated rings. The average molecular weight is 766 g/mol. The second kappa shape index (κ2) is 50.4. The predicted octanol–water partition coefficient (Wildman–Crippen LogP) is 10.4. The van der Waals surface area contributed by atoms with Gasteiger partial charge >= 0.3 is 7.82 Å². The van der Waals surface area contributed by atoms with Crippen molar-refractivity contribution in [2.24, 2.45) is 0 Å². The second-order valence-electron chi connectivity index (χ2n) is 14.0. The fraction of sp³-hybridized carbons (Fsp3) is 0.905. The number of aliphatic hydroxyl groups excluding tert-OH is 3. The predicted molar refractivity (Wildman–Crippen MR) is 222 cm³/mol. The van der Waals surface area contributed by atoms with Crippen LogP contribution in [0.25, 0.3) is 0 Å². The van der Waals surface area contributed by atoms with Gasteiger partial charge in [0.15, 0.2) is 0 Å². The first-order chi connectivity index (χ1) is 25.3. The Bertz CT molecular complexity index is 672. The molecular formula is C42H88NO8P. The van der Waals surface area contributed by atoms with E-state index in [1.54, 1.807) is 4.90 Å². The summed E-state index contributed by atoms with van der Waals surface area (Å²) in [7, 11) is -4.64. The smallest absolute Gasteiger partial charge is 0.395 e. The summed E-state index contributed by atoms with van der Waals surface area (Å²) < 4.78 is 14.7. The number of hydrogen-bond donors (Lipinski definition) is 6. The zero-order valence-corrected chi connectivity index (χ0v) is 35.1. The van der Waals surface area contributed by atoms with Gasteiger partial charge in [-0.15, -0.1) is 0 Å². The van der Waals surface area contributed by atoms with Crippen LogP contribution in [0.5, 0.6) is 0 Å². The van der Waals surface area contributed by atoms with Crippen molar-refractivity contribution >= 4 is 7.82 Å². The monoisotopic (exact) mass is 766 g/mol. The zero-order valence-electron chi connectivity index (χ0n) is 34.2. The van der Waals surface area contributed by atoms with E-state index in [1.807, 2.05) is 0 Å². The maximum absolute atomic E-state index is 8.88. The molecule has 0 rings (SSSR count). The van der Waals surface area contributed by atoms with Gasteiger partial charge in [0, 0.05) is 32.8 Å². The first kappa shape index (κ1) is 55.7. The van der Waals surface area contributed by atoms with E-state index in [9.17, 15) is 0 Å². The SMILES string of the molecule is CCCCCCCC/C=C\CCCCCCCCOCCCCCCCC/C=C\CCCCCCCC.O=P(O)(O)O.OCCN(CCO)CCO. The lowest BCUT2D eigenvalue weighted by atomic mass is 10.1. The highest BCUT2D eigenvalue weighted by molar-refractivity contribution is 7.45. The molecule has 314 valence electrons. The number of allylic oxidation sites excluding steroid dienone is 4. The Labute approximate surface area is 322 Å². The number of hydrogen-bond acceptors (Lipinski definition) is 6. The molecule has 52 heavy (non-hydrogen) atoms. The van der Waals surface area contributed by atoms with Gasteiger partial charge in [-0.2, -0.15) is 0 Å². The van der Waals surface area contributed by atoms with Crippen molar-refractivity contribution in [2.45, 2.75) is 194 Å². The Morgan fingerprint density at radius 1 is 0.423 bits per heavy atom. The van der Waals surface area contributed by atoms with Crippen LogP contribution in [0.4, 0.5) is 0 Å². The molecule has 0 aliphatic rings. The largest absolute Gasteiger partial charge is 0.466 e. The van der Waals surface area contributed by atoms with Crippen molar-refractivity contribution < 1.29 is 39.3 Å². The molecule has 0 saturated carbocycles. The van der Waals surface area contributed by atoms with Gasteiger partial charge in [-0.25, -0.2) is 4.57 Å². The van der Waals surface area contributed by atoms with Gasteiger partial charge in [0.1, 0.15) is 0 Å². The van der Waals surface area contributed by atoms with E-state index in [0.29, 0.717) is 19.6 Å². The molecule has 0 spiro atoms. The molecule has 0 heterocycles. The minimum atomic E-state index is -4.64. The molecule has 0 unspecified atom stereocenters. The molecule has 0 atom stereocenters. The van der Waals surface area contributed by atoms with Gasteiger partial charge in [-0.05, 0) is 64.2 Å². The molecule has 10 heteroatoms. The van der Waals surface area contributed by atoms with E-state index in [4.69, 9.17) is 39.3 Å². The van der Waals surface area contributed by atoms with Crippen molar-refractivity contribution in [1.29, 1.82) is 0 Å². The topological polar surface area (TPSA) is 151 Å². The second-order valence-corrected chi connectivity index (χ2v) is 15.0. The van der Waals surface area contributed by atoms with Crippen molar-refractivity contribution in [3.63, 3.8) is 0 Å². The molecule has 0 amide bonds. The Morgan fingerprint density at radius 3 is 0.904 bits per heavy atom. The first-order valence-electron chi connectivity index (χ1n) is 21.5. The number of phosphoric acid groups is 1. The Morgan fingerprint density at radius 2 is 0.654 bits per heavy atom. The van der Waals surface area contributed by atoms with Crippen LogP contribution in [0.1, 0.15) is 194 Å². The molecule has 9 nitrogen and oxygen atoms in total. The average Bonchev–Trinajstić information content (AvgIpc) is 3.10. The molecule has 0 bridgehead atoms. The maximum atomic E-state index is 8.88. The summed E-state index contributed by atoms with van der Waals surface area (Å²) >= 11 is 0. The van der Waals surface area contributed by atoms with E-state index in [-0.39, 0.29) is 19.8 Å². The van der Waals surface area contributed by atoms with Crippen LogP contribution in [0, 0.1) is 0 Å². The third kappa shape index (κ3) is 64.4. The number of aliphatic hydroxyl groups is 3. The van der Waals surface area contributed by atoms with Gasteiger partial charge in [-0.1, -0.05) is 154 Å². The number of unbranched alkanes of at least 4 members (excludes halogenated alkanes) is 24. The third-order valence-electron chi connectivity index (χ3n) is 8.85. The molecule has 0 aromatic rings. The minimum absolute atomic E-state index is 0.0694. The van der Waals surface area contributed by atoms with Crippen molar-refractivity contribution in [1.82, 2.24) is 4.90 Å². The Balaban J connectivity index is -0.00000132. The normalized spacial score (nSPS) is 11.7. The quantitative estimate of drug-likeness (QED) is 0.0205. The van der Waals surface area contributed by atoms with Crippen LogP contribution < -0.4 is 0 Å². The van der Waals surface area contributed by atoms with Gasteiger partial charge in [-0.3, -0.25) is 4.90 Å². The molecular weight excluding hydrogens is 677 g/mol. The van der Waals surface area contributed by atoms with Crippen LogP contribution in [0.15, 0.2) is 24.3 Å². The van der Waals surface area contributed by atoms with Gasteiger partial charge in [0.25, 0.3) is 0 Å². The van der Waals surface area contributed by atoms with E-state index in [0.717, 1.165) is 13.2 Å². The standard InChI is InChI=1S/C36H70O.C6H15NO3.H3O4P/c1-3-5-7-9-11-13-15-17-19-21-23-25-27-29-31-33-35-37-36-34-32-30-28-26-24-22-20-18-16-14-12-10-8-6-4-2;8-4-1-7(2-5-9)3-6-10;1-5(2,3)4/h17-20H,3-16,21-36H2,1-2H3;8-10H,1-6H2;(H3,1,2,3,4)/b19-17-,20-18-;;. The number of rotatable bonds is 38. The summed E-state index contributed by atoms with van der Waals surface area (Å²) in [5, 5.41) is 25.5. The maximum Gasteiger partial charge on any atom is 0.466 e. The Hall–Kier alpha value is -0.610. The lowest BCUT2D eigenvalue weighted by Crippen LogP contribution is -2.32. The van der Waals surface area contributed by atoms with Crippen LogP contribution in [0.2, 0.25) is 0 Å². The minimum Gasteiger partial charge on any atom is -0.395 e. The van der Waals surface area contributed by atoms with Crippen LogP contribution in [0.3, 0.4) is 0 Å². The fourth-order valence-corrected chi connectivity index (χ4v) is 5.77. The number of nitrogens with zero attached hydrogens (tertiary/aromatic N) is 1. The van der Waals surface area contributed by atoms with Gasteiger partial charge in [0.2, 0.25) is 0 Å². The zero-order chi connectivity index (χ0) is 39.1. The Kier molecular flexibility index (Phi) is 54.0. The molecule has 0 aliphatic heterocycles. The molecule has 0 saturated heterocycles. The third-order valence-corrected chi connectivity index (χ3v) is 8.85. The summed E-state index contributed by atoms with van der Waals surface area (Å²) in [6.07, 6.45) is 48.1. The molecule has 0 radical (unpaired) electrons. The highest BCUT2D eigenvalue weighted by atomic mass is 31.2. The van der Waals surface area contributed by atoms with Crippen molar-refractivity contribution in [3.05, 3.63) is 24.3 Å². The number of ether oxygens (including phenoxy) is 1. The van der Waals surface area contributed by atoms with Crippen LogP contribution in [-0.2, 0) is 9.30 Å². The summed E-state index contributed by atoms with van der Waals surface area (Å²) in [6, 6.07) is 0. The fourth-order valence-electron chi connectivity index (χ4n) is 5.77. The van der Waals surface area contributed by atoms with E-state index >= 15 is 0 Å². The molecule has 0 aromatic carbocycles. The highest BCUT2D eigenvalue weighted by Gasteiger charge is 2.01. The van der Waals surface area contributed by atoms with Crippen molar-refractivity contribution in [3.8, 4) is 0 Å². The highest BCUT2D eigenvalue weighted by Crippen LogP contribution is 2.25. The lowest BCUT2D eigenvalue weighted by Gasteiger charge is -2.17. The molecule has 6 N–H and O–H groups in total. The summed E-state index contributed by atoms with van der Waals surface area (Å²) in [6.45, 7) is 8.29. The van der Waals surface area contributed by atoms with Gasteiger partial charge < -0.3 is 34.7 Å². The molecule has 0 aromatic heterocycles. The van der Waals surface area contributed by atoms with E-state index < -0.39 is 7.82 Å². The molecule has 0 aliphatic carbocycles. The van der Waals surface area contributed by atoms with E-state index in [2.05, 4.69) is 38.2 Å². The lowest BCUT2D eigenvalue weighted by molar-refractivity contribution is 0.125. The van der Waals surface area contributed by atoms with Crippen LogP contribution >= 0.6 is 7.82 Å². The summed E-state index contributed by atoms with van der Waals surface area (Å²) in [5.41, 5.74) is 0. The van der Waals surface area contributed by atoms with Crippen molar-refractivity contribution in [2.75, 3.05) is 52.7 Å². The van der Waals surface area contributed by atoms with Gasteiger partial charge in [0.05, 0.1) is 19.8 Å².